The van der Waals surface area contributed by atoms with E-state index in [9.17, 15) is 9.59 Å². The van der Waals surface area contributed by atoms with Gasteiger partial charge in [-0.1, -0.05) is 149 Å². The van der Waals surface area contributed by atoms with Gasteiger partial charge in [-0.2, -0.15) is 0 Å². The Morgan fingerprint density at radius 1 is 0.731 bits per heavy atom. The van der Waals surface area contributed by atoms with Crippen LogP contribution >= 0.6 is 0 Å². The van der Waals surface area contributed by atoms with E-state index in [1.807, 2.05) is 0 Å². The molecule has 0 aromatic heterocycles. The van der Waals surface area contributed by atoms with Crippen LogP contribution in [0.5, 0.6) is 0 Å². The van der Waals surface area contributed by atoms with Gasteiger partial charge < -0.3 is 28.6 Å². The zero-order valence-corrected chi connectivity index (χ0v) is 44.3. The van der Waals surface area contributed by atoms with Crippen molar-refractivity contribution in [2.24, 2.45) is 46.3 Å². The Morgan fingerprint density at radius 2 is 1.43 bits per heavy atom. The second-order valence-electron chi connectivity index (χ2n) is 23.2. The second kappa shape index (κ2) is 30.9. The Labute approximate surface area is 411 Å². The molecule has 67 heavy (non-hydrogen) atoms. The van der Waals surface area contributed by atoms with Crippen molar-refractivity contribution < 1.29 is 33.3 Å². The molecule has 0 aromatic carbocycles. The first-order valence-corrected chi connectivity index (χ1v) is 28.7. The van der Waals surface area contributed by atoms with Gasteiger partial charge in [-0.15, -0.1) is 0 Å². The quantitative estimate of drug-likeness (QED) is 0.0358. The minimum absolute atomic E-state index is 0.0584. The molecule has 1 aliphatic heterocycles. The molecule has 0 amide bonds. The lowest BCUT2D eigenvalue weighted by Crippen LogP contribution is -2.51. The highest BCUT2D eigenvalue weighted by atomic mass is 16.6. The largest absolute Gasteiger partial charge is 0.462 e. The van der Waals surface area contributed by atoms with Crippen LogP contribution < -0.4 is 0 Å². The van der Waals surface area contributed by atoms with Gasteiger partial charge in [0.15, 0.2) is 0 Å². The van der Waals surface area contributed by atoms with Crippen LogP contribution in [0.15, 0.2) is 23.8 Å². The fraction of sp³-hybridized carbons (Fsp3) is 0.898. The van der Waals surface area contributed by atoms with E-state index in [2.05, 4.69) is 64.7 Å². The molecule has 8 nitrogen and oxygen atoms in total. The molecule has 0 radical (unpaired) electrons. The molecular weight excluding hydrogens is 835 g/mol. The van der Waals surface area contributed by atoms with Crippen molar-refractivity contribution in [3.63, 3.8) is 0 Å². The van der Waals surface area contributed by atoms with E-state index in [1.54, 1.807) is 0 Å². The normalized spacial score (nSPS) is 28.5. The molecule has 3 saturated carbocycles. The summed E-state index contributed by atoms with van der Waals surface area (Å²) in [5, 5.41) is 0. The number of likely N-dealkylation sites (tertiary alicyclic amines) is 1. The number of carbonyl (C=O) groups excluding carboxylic acids is 2. The fourth-order valence-electron chi connectivity index (χ4n) is 13.9. The number of hydrogen-bond acceptors (Lipinski definition) is 8. The van der Waals surface area contributed by atoms with Gasteiger partial charge in [0.05, 0.1) is 19.3 Å². The summed E-state index contributed by atoms with van der Waals surface area (Å²) < 4.78 is 29.2. The number of rotatable bonds is 34. The van der Waals surface area contributed by atoms with Crippen LogP contribution in [0.3, 0.4) is 0 Å². The van der Waals surface area contributed by atoms with Crippen LogP contribution in [0.4, 0.5) is 0 Å². The summed E-state index contributed by atoms with van der Waals surface area (Å²) in [4.78, 5) is 27.9. The standard InChI is InChI=1S/C59H103NO7/c1-7-8-9-10-11-12-13-14-15-16-17-18-19-20-21-25-39-63-44-51(43-60-37-23-22-24-38-60)65-40-41-66-56(61)45-64-46-57(62)67-50-33-35-58(5)49(42-50)29-30-52-54-32-31-53(48(4)28-26-27-47(2)3)59(54,6)36-34-55(52)58/h14-15,29,47-48,50-55H,7-13,16-28,30-46H2,1-6H3/b15-14-/t48-,50?,51?,52?,53?,54+,55-,58?,59+/m0/s1. The molecule has 1 saturated heterocycles. The van der Waals surface area contributed by atoms with Crippen LogP contribution in [0.25, 0.3) is 0 Å². The number of carbonyl (C=O) groups is 2. The predicted molar refractivity (Wildman–Crippen MR) is 275 cm³/mol. The minimum atomic E-state index is -0.492. The predicted octanol–water partition coefficient (Wildman–Crippen LogP) is 14.4. The Kier molecular flexibility index (Phi) is 25.9. The van der Waals surface area contributed by atoms with Crippen LogP contribution in [-0.4, -0.2) is 88.3 Å². The molecule has 4 aliphatic carbocycles. The Hall–Kier alpha value is -1.74. The van der Waals surface area contributed by atoms with E-state index in [0.29, 0.717) is 18.6 Å². The van der Waals surface area contributed by atoms with Gasteiger partial charge in [0.25, 0.3) is 0 Å². The van der Waals surface area contributed by atoms with Gasteiger partial charge in [-0.05, 0) is 149 Å². The van der Waals surface area contributed by atoms with E-state index < -0.39 is 11.9 Å². The summed E-state index contributed by atoms with van der Waals surface area (Å²) in [6, 6.07) is 0. The zero-order valence-electron chi connectivity index (χ0n) is 44.3. The number of hydrogen-bond donors (Lipinski definition) is 0. The number of nitrogens with zero attached hydrogens (tertiary/aromatic N) is 1. The van der Waals surface area contributed by atoms with Crippen molar-refractivity contribution >= 4 is 11.9 Å². The van der Waals surface area contributed by atoms with Gasteiger partial charge in [-0.3, -0.25) is 0 Å². The Morgan fingerprint density at radius 3 is 2.16 bits per heavy atom. The number of fused-ring (bicyclic) bond motifs is 5. The highest BCUT2D eigenvalue weighted by Crippen LogP contribution is 2.67. The lowest BCUT2D eigenvalue weighted by atomic mass is 9.47. The van der Waals surface area contributed by atoms with Crippen molar-refractivity contribution in [1.29, 1.82) is 0 Å². The molecular formula is C59H103NO7. The molecule has 9 atom stereocenters. The van der Waals surface area contributed by atoms with E-state index in [1.165, 1.54) is 160 Å². The topological polar surface area (TPSA) is 83.5 Å². The molecule has 0 spiro atoms. The maximum Gasteiger partial charge on any atom is 0.332 e. The molecule has 4 fully saturated rings. The monoisotopic (exact) mass is 938 g/mol. The van der Waals surface area contributed by atoms with Crippen LogP contribution in [0, 0.1) is 46.3 Å². The summed E-state index contributed by atoms with van der Waals surface area (Å²) in [5.41, 5.74) is 2.22. The number of allylic oxidation sites excluding steroid dienone is 3. The average Bonchev–Trinajstić information content (AvgIpc) is 3.67. The molecule has 386 valence electrons. The zero-order chi connectivity index (χ0) is 47.7. The van der Waals surface area contributed by atoms with Crippen molar-refractivity contribution in [3.8, 4) is 0 Å². The summed E-state index contributed by atoms with van der Waals surface area (Å²) in [7, 11) is 0. The molecule has 5 aliphatic rings. The lowest BCUT2D eigenvalue weighted by Gasteiger charge is -2.58. The van der Waals surface area contributed by atoms with E-state index in [-0.39, 0.29) is 37.4 Å². The van der Waals surface area contributed by atoms with Gasteiger partial charge in [0.2, 0.25) is 0 Å². The Balaban J connectivity index is 0.905. The van der Waals surface area contributed by atoms with E-state index in [4.69, 9.17) is 23.7 Å². The Bertz CT molecular complexity index is 1440. The second-order valence-corrected chi connectivity index (χ2v) is 23.2. The van der Waals surface area contributed by atoms with Crippen molar-refractivity contribution in [2.45, 2.75) is 234 Å². The molecule has 1 heterocycles. The lowest BCUT2D eigenvalue weighted by molar-refractivity contribution is -0.161. The first-order valence-electron chi connectivity index (χ1n) is 28.7. The highest BCUT2D eigenvalue weighted by molar-refractivity contribution is 5.73. The van der Waals surface area contributed by atoms with Gasteiger partial charge >= 0.3 is 11.9 Å². The van der Waals surface area contributed by atoms with Crippen molar-refractivity contribution in [3.05, 3.63) is 23.8 Å². The number of esters is 2. The van der Waals surface area contributed by atoms with Crippen LogP contribution in [0.2, 0.25) is 0 Å². The number of unbranched alkanes of at least 4 members (excludes halogenated alkanes) is 12. The fourth-order valence-corrected chi connectivity index (χ4v) is 13.9. The first-order chi connectivity index (χ1) is 32.5. The molecule has 0 N–H and O–H groups in total. The van der Waals surface area contributed by atoms with Crippen molar-refractivity contribution in [1.82, 2.24) is 4.90 Å². The maximum absolute atomic E-state index is 12.9. The van der Waals surface area contributed by atoms with Crippen LogP contribution in [-0.2, 0) is 33.3 Å². The van der Waals surface area contributed by atoms with Crippen molar-refractivity contribution in [2.75, 3.05) is 59.3 Å². The van der Waals surface area contributed by atoms with Gasteiger partial charge in [0, 0.05) is 19.6 Å². The third kappa shape index (κ3) is 18.8. The summed E-state index contributed by atoms with van der Waals surface area (Å²) in [6.45, 7) is 19.0. The molecule has 0 aromatic rings. The third-order valence-corrected chi connectivity index (χ3v) is 17.7. The molecule has 5 rings (SSSR count). The van der Waals surface area contributed by atoms with Gasteiger partial charge in [0.1, 0.15) is 25.9 Å². The summed E-state index contributed by atoms with van der Waals surface area (Å²) in [6.07, 6.45) is 42.8. The summed E-state index contributed by atoms with van der Waals surface area (Å²) in [5.74, 6) is 3.98. The maximum atomic E-state index is 12.9. The average molecular weight is 938 g/mol. The number of piperidine rings is 1. The van der Waals surface area contributed by atoms with Crippen LogP contribution in [0.1, 0.15) is 221 Å². The van der Waals surface area contributed by atoms with E-state index >= 15 is 0 Å². The number of ether oxygens (including phenoxy) is 5. The third-order valence-electron chi connectivity index (χ3n) is 17.7. The molecule has 0 bridgehead atoms. The SMILES string of the molecule is CCCCCCCC/C=C\CCCCCCCCOCC(CN1CCCCC1)OCCOC(=O)COCC(=O)OC1CCC2(C)C(=CCC3[C@H]4CCC([C@@H](C)CCCC(C)C)[C@@]4(C)CC[C@@H]32)C1. The highest BCUT2D eigenvalue weighted by Gasteiger charge is 2.59. The minimum Gasteiger partial charge on any atom is -0.462 e. The smallest absolute Gasteiger partial charge is 0.332 e. The van der Waals surface area contributed by atoms with E-state index in [0.717, 1.165) is 87.4 Å². The first kappa shape index (κ1) is 56.2. The molecule has 5 unspecified atom stereocenters. The molecule has 8 heteroatoms. The summed E-state index contributed by atoms with van der Waals surface area (Å²) >= 11 is 0. The van der Waals surface area contributed by atoms with Gasteiger partial charge in [-0.25, -0.2) is 9.59 Å².